The monoisotopic (exact) mass is 612 g/mol. The van der Waals surface area contributed by atoms with E-state index in [9.17, 15) is 4.79 Å². The number of urea groups is 1. The van der Waals surface area contributed by atoms with Gasteiger partial charge in [0.15, 0.2) is 0 Å². The number of benzene rings is 2. The van der Waals surface area contributed by atoms with Gasteiger partial charge in [0, 0.05) is 85.7 Å². The van der Waals surface area contributed by atoms with E-state index in [1.54, 1.807) is 4.90 Å². The molecule has 44 heavy (non-hydrogen) atoms. The summed E-state index contributed by atoms with van der Waals surface area (Å²) in [6.45, 7) is 9.84. The highest BCUT2D eigenvalue weighted by molar-refractivity contribution is 6.31. The number of fused-ring (bicyclic) bond motifs is 2. The Morgan fingerprint density at radius 3 is 2.75 bits per heavy atom. The highest BCUT2D eigenvalue weighted by atomic mass is 35.5. The first-order valence-corrected chi connectivity index (χ1v) is 16.4. The molecule has 9 heteroatoms. The van der Waals surface area contributed by atoms with E-state index < -0.39 is 6.03 Å². The molecule has 230 valence electrons. The van der Waals surface area contributed by atoms with Crippen molar-refractivity contribution in [2.45, 2.75) is 70.7 Å². The molecule has 8 nitrogen and oxygen atoms in total. The van der Waals surface area contributed by atoms with Crippen molar-refractivity contribution in [3.05, 3.63) is 74.9 Å². The number of morpholine rings is 1. The van der Waals surface area contributed by atoms with Crippen LogP contribution in [0.2, 0.25) is 5.02 Å². The number of carbonyl (C=O) groups excluding carboxylic acids is 1. The zero-order chi connectivity index (χ0) is 30.2. The van der Waals surface area contributed by atoms with Crippen molar-refractivity contribution < 1.29 is 9.53 Å². The maximum absolute atomic E-state index is 12.1. The maximum atomic E-state index is 12.1. The highest BCUT2D eigenvalue weighted by Gasteiger charge is 2.31. The van der Waals surface area contributed by atoms with E-state index in [0.717, 1.165) is 99.2 Å². The topological polar surface area (TPSA) is 79.9 Å². The number of hydrogen-bond acceptors (Lipinski definition) is 5. The van der Waals surface area contributed by atoms with Crippen molar-refractivity contribution in [3.8, 4) is 23.1 Å². The van der Waals surface area contributed by atoms with E-state index >= 15 is 0 Å². The van der Waals surface area contributed by atoms with Crippen LogP contribution < -0.4 is 5.73 Å². The van der Waals surface area contributed by atoms with E-state index in [4.69, 9.17) is 27.2 Å². The maximum Gasteiger partial charge on any atom is 0.315 e. The van der Waals surface area contributed by atoms with Crippen LogP contribution in [0.4, 0.5) is 4.79 Å². The zero-order valence-electron chi connectivity index (χ0n) is 25.5. The van der Waals surface area contributed by atoms with Crippen LogP contribution in [-0.4, -0.2) is 82.0 Å². The molecule has 0 bridgehead atoms. The van der Waals surface area contributed by atoms with Gasteiger partial charge in [0.2, 0.25) is 0 Å². The lowest BCUT2D eigenvalue weighted by atomic mass is 9.97. The molecule has 4 heterocycles. The Kier molecular flexibility index (Phi) is 8.39. The summed E-state index contributed by atoms with van der Waals surface area (Å²) in [6, 6.07) is 13.4. The van der Waals surface area contributed by atoms with Crippen molar-refractivity contribution in [1.82, 2.24) is 24.5 Å². The zero-order valence-corrected chi connectivity index (χ0v) is 26.3. The number of rotatable bonds is 6. The minimum absolute atomic E-state index is 0.399. The van der Waals surface area contributed by atoms with Gasteiger partial charge >= 0.3 is 6.03 Å². The molecule has 2 fully saturated rings. The predicted molar refractivity (Wildman–Crippen MR) is 172 cm³/mol. The lowest BCUT2D eigenvalue weighted by molar-refractivity contribution is -0.00122. The number of ether oxygens (including phenoxy) is 1. The molecule has 2 amide bonds. The number of nitrogens with zero attached hydrogens (tertiary/aromatic N) is 5. The Labute approximate surface area is 265 Å². The number of hydrogen-bond donors (Lipinski definition) is 1. The van der Waals surface area contributed by atoms with Crippen LogP contribution in [0, 0.1) is 11.8 Å². The molecule has 4 aliphatic rings. The number of aromatic nitrogens is 2. The molecule has 1 aliphatic carbocycles. The summed E-state index contributed by atoms with van der Waals surface area (Å²) in [5, 5.41) is 5.74. The minimum atomic E-state index is -0.399. The van der Waals surface area contributed by atoms with Crippen LogP contribution in [-0.2, 0) is 37.2 Å². The van der Waals surface area contributed by atoms with E-state index in [1.807, 2.05) is 18.2 Å². The third-order valence-electron chi connectivity index (χ3n) is 9.66. The molecule has 1 aromatic heterocycles. The van der Waals surface area contributed by atoms with Crippen LogP contribution in [0.3, 0.4) is 0 Å². The van der Waals surface area contributed by atoms with Crippen molar-refractivity contribution in [3.63, 3.8) is 0 Å². The number of halogens is 1. The Bertz CT molecular complexity index is 1620. The molecule has 7 rings (SSSR count). The quantitative estimate of drug-likeness (QED) is 0.409. The van der Waals surface area contributed by atoms with Crippen molar-refractivity contribution in [1.29, 1.82) is 0 Å². The smallest absolute Gasteiger partial charge is 0.315 e. The fraction of sp³-hybridized carbons (Fsp3) is 0.486. The Hall–Kier alpha value is -3.35. The molecule has 2 aromatic carbocycles. The summed E-state index contributed by atoms with van der Waals surface area (Å²) < 4.78 is 7.75. The molecule has 1 saturated carbocycles. The predicted octanol–water partition coefficient (Wildman–Crippen LogP) is 4.67. The average Bonchev–Trinajstić information content (AvgIpc) is 3.83. The van der Waals surface area contributed by atoms with Gasteiger partial charge in [0.25, 0.3) is 0 Å². The van der Waals surface area contributed by atoms with E-state index in [0.29, 0.717) is 24.2 Å². The normalized spacial score (nSPS) is 20.5. The van der Waals surface area contributed by atoms with Gasteiger partial charge < -0.3 is 15.4 Å². The van der Waals surface area contributed by atoms with Gasteiger partial charge in [-0.15, -0.1) is 0 Å². The Morgan fingerprint density at radius 1 is 1.05 bits per heavy atom. The lowest BCUT2D eigenvalue weighted by Gasteiger charge is -2.33. The van der Waals surface area contributed by atoms with Gasteiger partial charge in [0.05, 0.1) is 30.5 Å². The third-order valence-corrected chi connectivity index (χ3v) is 9.99. The fourth-order valence-corrected chi connectivity index (χ4v) is 7.09. The van der Waals surface area contributed by atoms with Crippen LogP contribution in [0.5, 0.6) is 0 Å². The molecule has 0 unspecified atom stereocenters. The van der Waals surface area contributed by atoms with Gasteiger partial charge in [-0.2, -0.15) is 5.10 Å². The largest absolute Gasteiger partial charge is 0.379 e. The minimum Gasteiger partial charge on any atom is -0.379 e. The summed E-state index contributed by atoms with van der Waals surface area (Å²) in [7, 11) is 0. The summed E-state index contributed by atoms with van der Waals surface area (Å²) in [5.74, 6) is 6.73. The lowest BCUT2D eigenvalue weighted by Crippen LogP contribution is -2.44. The molecule has 0 spiro atoms. The van der Waals surface area contributed by atoms with E-state index in [-0.39, 0.29) is 0 Å². The van der Waals surface area contributed by atoms with Crippen molar-refractivity contribution >= 4 is 17.6 Å². The first-order chi connectivity index (χ1) is 21.4. The number of nitrogens with two attached hydrogens (primary N) is 1. The molecular formula is C35H41ClN6O2. The van der Waals surface area contributed by atoms with E-state index in [2.05, 4.69) is 51.4 Å². The van der Waals surface area contributed by atoms with Crippen LogP contribution >= 0.6 is 11.6 Å². The molecule has 3 aliphatic heterocycles. The van der Waals surface area contributed by atoms with Gasteiger partial charge in [0.1, 0.15) is 0 Å². The summed E-state index contributed by atoms with van der Waals surface area (Å²) in [4.78, 5) is 18.9. The van der Waals surface area contributed by atoms with Crippen molar-refractivity contribution in [2.24, 2.45) is 5.73 Å². The first kappa shape index (κ1) is 29.4. The highest BCUT2D eigenvalue weighted by Crippen LogP contribution is 2.33. The molecule has 2 N–H and O–H groups in total. The van der Waals surface area contributed by atoms with Crippen molar-refractivity contribution in [2.75, 3.05) is 39.4 Å². The van der Waals surface area contributed by atoms with Gasteiger partial charge in [-0.3, -0.25) is 14.5 Å². The molecular weight excluding hydrogens is 572 g/mol. The molecule has 1 saturated heterocycles. The van der Waals surface area contributed by atoms with Crippen LogP contribution in [0.1, 0.15) is 59.7 Å². The summed E-state index contributed by atoms with van der Waals surface area (Å²) in [5.41, 5.74) is 14.4. The SMILES string of the molecule is C[C@H]1COCCN1CCCn1nc(-c2ccc(Cl)c(C#Cc3ccc4c(c3)CN(C3CC3)CC4)c2)c2c1CCN(C(N)=O)C2. The average molecular weight is 613 g/mol. The Balaban J connectivity index is 1.14. The standard InChI is InChI=1S/C35H41ClN6O2/c1-24-23-44-18-17-39(24)13-2-14-42-33-12-16-41(35(37)43)22-31(33)34(38-42)28-7-10-32(36)27(20-28)6-4-25-3-5-26-11-15-40(30-8-9-30)21-29(26)19-25/h3,5,7,10,19-20,24,30H,2,8-9,11-18,21-23H2,1H3,(H2,37,43)/t24-/m0/s1. The summed E-state index contributed by atoms with van der Waals surface area (Å²) >= 11 is 6.68. The van der Waals surface area contributed by atoms with Crippen LogP contribution in [0.15, 0.2) is 36.4 Å². The number of carbonyl (C=O) groups is 1. The molecule has 3 aromatic rings. The van der Waals surface area contributed by atoms with Gasteiger partial charge in [-0.25, -0.2) is 4.79 Å². The number of aryl methyl sites for hydroxylation is 1. The second-order valence-electron chi connectivity index (χ2n) is 12.7. The number of amides is 2. The van der Waals surface area contributed by atoms with E-state index in [1.165, 1.54) is 29.7 Å². The van der Waals surface area contributed by atoms with Gasteiger partial charge in [-0.05, 0) is 68.0 Å². The Morgan fingerprint density at radius 2 is 1.93 bits per heavy atom. The second kappa shape index (κ2) is 12.6. The molecule has 0 radical (unpaired) electrons. The first-order valence-electron chi connectivity index (χ1n) is 16.1. The third kappa shape index (κ3) is 6.25. The second-order valence-corrected chi connectivity index (χ2v) is 13.1. The summed E-state index contributed by atoms with van der Waals surface area (Å²) in [6.07, 6.45) is 5.51. The fourth-order valence-electron chi connectivity index (χ4n) is 6.93. The van der Waals surface area contributed by atoms with Gasteiger partial charge in [-0.1, -0.05) is 35.6 Å². The number of primary amides is 1. The van der Waals surface area contributed by atoms with Crippen LogP contribution in [0.25, 0.3) is 11.3 Å². The molecule has 1 atom stereocenters.